The summed E-state index contributed by atoms with van der Waals surface area (Å²) in [7, 11) is 0. The molecule has 4 nitrogen and oxygen atoms in total. The number of esters is 1. The highest BCUT2D eigenvalue weighted by atomic mass is 16.5. The third-order valence-electron chi connectivity index (χ3n) is 1.92. The number of aromatic nitrogens is 1. The second kappa shape index (κ2) is 2.45. The first-order chi connectivity index (χ1) is 6.09. The first-order valence-corrected chi connectivity index (χ1v) is 4.05. The SMILES string of the molecule is CC1(C)Nc2cccnc2OC1=O. The van der Waals surface area contributed by atoms with Crippen LogP contribution in [-0.2, 0) is 4.79 Å². The van der Waals surface area contributed by atoms with Gasteiger partial charge in [-0.25, -0.2) is 9.78 Å². The molecule has 2 heterocycles. The van der Waals surface area contributed by atoms with Gasteiger partial charge in [-0.15, -0.1) is 0 Å². The van der Waals surface area contributed by atoms with E-state index in [2.05, 4.69) is 10.3 Å². The van der Waals surface area contributed by atoms with E-state index in [1.807, 2.05) is 6.07 Å². The highest BCUT2D eigenvalue weighted by Gasteiger charge is 2.35. The molecule has 0 aliphatic carbocycles. The predicted octanol–water partition coefficient (Wildman–Crippen LogP) is 1.19. The molecule has 2 rings (SSSR count). The van der Waals surface area contributed by atoms with Crippen LogP contribution in [0.4, 0.5) is 5.69 Å². The lowest BCUT2D eigenvalue weighted by Gasteiger charge is -2.30. The van der Waals surface area contributed by atoms with Crippen molar-refractivity contribution in [3.8, 4) is 5.88 Å². The molecule has 68 valence electrons. The Morgan fingerprint density at radius 3 is 3.08 bits per heavy atom. The van der Waals surface area contributed by atoms with Crippen LogP contribution in [0.1, 0.15) is 13.8 Å². The van der Waals surface area contributed by atoms with Gasteiger partial charge in [0.05, 0.1) is 5.69 Å². The third-order valence-corrected chi connectivity index (χ3v) is 1.92. The molecule has 1 N–H and O–H groups in total. The number of ether oxygens (including phenoxy) is 1. The van der Waals surface area contributed by atoms with Gasteiger partial charge in [0.15, 0.2) is 0 Å². The minimum atomic E-state index is -0.671. The first kappa shape index (κ1) is 8.04. The maximum atomic E-state index is 11.4. The van der Waals surface area contributed by atoms with Crippen LogP contribution >= 0.6 is 0 Å². The number of pyridine rings is 1. The summed E-state index contributed by atoms with van der Waals surface area (Å²) in [4.78, 5) is 15.3. The van der Waals surface area contributed by atoms with Crippen LogP contribution < -0.4 is 10.1 Å². The van der Waals surface area contributed by atoms with Crippen LogP contribution in [0.2, 0.25) is 0 Å². The monoisotopic (exact) mass is 178 g/mol. The second-order valence-electron chi connectivity index (χ2n) is 3.50. The molecule has 0 fully saturated rings. The summed E-state index contributed by atoms with van der Waals surface area (Å²) in [5, 5.41) is 3.05. The van der Waals surface area contributed by atoms with Gasteiger partial charge in [0.25, 0.3) is 0 Å². The molecule has 0 saturated heterocycles. The normalized spacial score (nSPS) is 18.5. The Balaban J connectivity index is 2.44. The Labute approximate surface area is 75.9 Å². The molecule has 0 aromatic carbocycles. The van der Waals surface area contributed by atoms with Crippen molar-refractivity contribution < 1.29 is 9.53 Å². The fraction of sp³-hybridized carbons (Fsp3) is 0.333. The maximum absolute atomic E-state index is 11.4. The summed E-state index contributed by atoms with van der Waals surface area (Å²) in [5.41, 5.74) is 0.0860. The van der Waals surface area contributed by atoms with Crippen molar-refractivity contribution in [2.75, 3.05) is 5.32 Å². The van der Waals surface area contributed by atoms with Gasteiger partial charge in [-0.1, -0.05) is 0 Å². The van der Waals surface area contributed by atoms with Gasteiger partial charge in [-0.2, -0.15) is 0 Å². The molecule has 0 saturated carbocycles. The van der Waals surface area contributed by atoms with E-state index in [-0.39, 0.29) is 5.97 Å². The van der Waals surface area contributed by atoms with Gasteiger partial charge < -0.3 is 10.1 Å². The van der Waals surface area contributed by atoms with Gasteiger partial charge in [0, 0.05) is 6.20 Å². The van der Waals surface area contributed by atoms with Crippen molar-refractivity contribution in [2.45, 2.75) is 19.4 Å². The largest absolute Gasteiger partial charge is 0.403 e. The second-order valence-corrected chi connectivity index (χ2v) is 3.50. The summed E-state index contributed by atoms with van der Waals surface area (Å²) in [5.74, 6) is 0.0468. The van der Waals surface area contributed by atoms with Crippen LogP contribution in [0.15, 0.2) is 18.3 Å². The lowest BCUT2D eigenvalue weighted by atomic mass is 10.0. The summed E-state index contributed by atoms with van der Waals surface area (Å²) in [6.45, 7) is 3.54. The summed E-state index contributed by atoms with van der Waals surface area (Å²) in [6, 6.07) is 3.62. The molecule has 1 aliphatic rings. The Bertz CT molecular complexity index is 360. The van der Waals surface area contributed by atoms with Gasteiger partial charge in [-0.05, 0) is 26.0 Å². The van der Waals surface area contributed by atoms with E-state index >= 15 is 0 Å². The lowest BCUT2D eigenvalue weighted by Crippen LogP contribution is -2.46. The molecule has 1 aromatic heterocycles. The smallest absolute Gasteiger partial charge is 0.337 e. The topological polar surface area (TPSA) is 51.2 Å². The first-order valence-electron chi connectivity index (χ1n) is 4.05. The standard InChI is InChI=1S/C9H10N2O2/c1-9(2)8(12)13-7-6(11-9)4-3-5-10-7/h3-5,11H,1-2H3. The van der Waals surface area contributed by atoms with Crippen LogP contribution in [-0.4, -0.2) is 16.5 Å². The molecule has 0 bridgehead atoms. The minimum Gasteiger partial charge on any atom is -0.403 e. The molecular weight excluding hydrogens is 168 g/mol. The van der Waals surface area contributed by atoms with Crippen LogP contribution in [0.5, 0.6) is 5.88 Å². The minimum absolute atomic E-state index is 0.307. The average Bonchev–Trinajstić information content (AvgIpc) is 2.06. The molecule has 13 heavy (non-hydrogen) atoms. The zero-order valence-corrected chi connectivity index (χ0v) is 7.50. The Kier molecular flexibility index (Phi) is 1.52. The number of carbonyl (C=O) groups excluding carboxylic acids is 1. The number of fused-ring (bicyclic) bond motifs is 1. The zero-order chi connectivity index (χ0) is 9.47. The number of rotatable bonds is 0. The zero-order valence-electron chi connectivity index (χ0n) is 7.50. The molecule has 1 aromatic rings. The van der Waals surface area contributed by atoms with E-state index in [1.165, 1.54) is 0 Å². The molecule has 1 aliphatic heterocycles. The maximum Gasteiger partial charge on any atom is 0.337 e. The van der Waals surface area contributed by atoms with E-state index < -0.39 is 5.54 Å². The van der Waals surface area contributed by atoms with Gasteiger partial charge >= 0.3 is 5.97 Å². The molecular formula is C9H10N2O2. The van der Waals surface area contributed by atoms with Gasteiger partial charge in [0.2, 0.25) is 5.88 Å². The lowest BCUT2D eigenvalue weighted by molar-refractivity contribution is -0.139. The van der Waals surface area contributed by atoms with Crippen molar-refractivity contribution in [2.24, 2.45) is 0 Å². The van der Waals surface area contributed by atoms with E-state index in [9.17, 15) is 4.79 Å². The van der Waals surface area contributed by atoms with Crippen molar-refractivity contribution in [3.05, 3.63) is 18.3 Å². The number of anilines is 1. The molecule has 0 radical (unpaired) electrons. The number of carbonyl (C=O) groups is 1. The fourth-order valence-corrected chi connectivity index (χ4v) is 1.17. The highest BCUT2D eigenvalue weighted by molar-refractivity contribution is 5.89. The number of hydrogen-bond acceptors (Lipinski definition) is 4. The quantitative estimate of drug-likeness (QED) is 0.606. The van der Waals surface area contributed by atoms with Crippen molar-refractivity contribution >= 4 is 11.7 Å². The average molecular weight is 178 g/mol. The van der Waals surface area contributed by atoms with Crippen LogP contribution in [0.25, 0.3) is 0 Å². The molecule has 0 unspecified atom stereocenters. The van der Waals surface area contributed by atoms with Crippen LogP contribution in [0, 0.1) is 0 Å². The Morgan fingerprint density at radius 1 is 1.54 bits per heavy atom. The molecule has 0 amide bonds. The van der Waals surface area contributed by atoms with Gasteiger partial charge in [-0.3, -0.25) is 0 Å². The summed E-state index contributed by atoms with van der Waals surface area (Å²) >= 11 is 0. The van der Waals surface area contributed by atoms with Crippen LogP contribution in [0.3, 0.4) is 0 Å². The number of nitrogens with zero attached hydrogens (tertiary/aromatic N) is 1. The molecule has 0 atom stereocenters. The van der Waals surface area contributed by atoms with E-state index in [4.69, 9.17) is 4.74 Å². The summed E-state index contributed by atoms with van der Waals surface area (Å²) < 4.78 is 5.03. The van der Waals surface area contributed by atoms with E-state index in [0.29, 0.717) is 5.88 Å². The van der Waals surface area contributed by atoms with Gasteiger partial charge in [0.1, 0.15) is 5.54 Å². The Hall–Kier alpha value is -1.58. The third kappa shape index (κ3) is 1.24. The molecule has 4 heteroatoms. The number of nitrogens with one attached hydrogen (secondary N) is 1. The summed E-state index contributed by atoms with van der Waals surface area (Å²) in [6.07, 6.45) is 1.59. The van der Waals surface area contributed by atoms with Crippen molar-refractivity contribution in [1.82, 2.24) is 4.98 Å². The van der Waals surface area contributed by atoms with E-state index in [0.717, 1.165) is 5.69 Å². The van der Waals surface area contributed by atoms with Crippen molar-refractivity contribution in [3.63, 3.8) is 0 Å². The fourth-order valence-electron chi connectivity index (χ4n) is 1.17. The molecule has 0 spiro atoms. The van der Waals surface area contributed by atoms with Crippen molar-refractivity contribution in [1.29, 1.82) is 0 Å². The van der Waals surface area contributed by atoms with E-state index in [1.54, 1.807) is 26.1 Å². The predicted molar refractivity (Wildman–Crippen MR) is 47.6 cm³/mol. The Morgan fingerprint density at radius 2 is 2.31 bits per heavy atom. The highest BCUT2D eigenvalue weighted by Crippen LogP contribution is 2.30. The number of hydrogen-bond donors (Lipinski definition) is 1.